The van der Waals surface area contributed by atoms with Gasteiger partial charge in [-0.3, -0.25) is 9.36 Å². The highest BCUT2D eigenvalue weighted by molar-refractivity contribution is 6.30. The van der Waals surface area contributed by atoms with Crippen LogP contribution in [0.25, 0.3) is 28.2 Å². The van der Waals surface area contributed by atoms with Crippen molar-refractivity contribution in [3.63, 3.8) is 0 Å². The van der Waals surface area contributed by atoms with Crippen LogP contribution in [0.4, 0.5) is 5.82 Å². The van der Waals surface area contributed by atoms with Crippen LogP contribution in [0.1, 0.15) is 39.3 Å². The Morgan fingerprint density at radius 2 is 1.88 bits per heavy atom. The summed E-state index contributed by atoms with van der Waals surface area (Å²) in [6.45, 7) is 6.24. The van der Waals surface area contributed by atoms with E-state index in [2.05, 4.69) is 4.98 Å². The van der Waals surface area contributed by atoms with Gasteiger partial charge in [-0.25, -0.2) is 9.97 Å². The minimum atomic E-state index is -1.13. The van der Waals surface area contributed by atoms with Crippen molar-refractivity contribution in [2.24, 2.45) is 5.73 Å². The molecule has 1 aliphatic rings. The van der Waals surface area contributed by atoms with E-state index in [-0.39, 0.29) is 18.3 Å². The van der Waals surface area contributed by atoms with Crippen LogP contribution >= 0.6 is 11.6 Å². The SMILES string of the molecule is CCOC1(C(N)=O)CCN(c2nc(OCC(C)(C)O)nc3c2nc(-c2ccc(C#N)nc2)n3-c2ccc(Cl)cc2)CC1. The number of hydrogen-bond acceptors (Lipinski definition) is 10. The van der Waals surface area contributed by atoms with E-state index in [0.29, 0.717) is 65.9 Å². The molecule has 0 unspecified atom stereocenters. The predicted molar refractivity (Wildman–Crippen MR) is 156 cm³/mol. The van der Waals surface area contributed by atoms with Crippen molar-refractivity contribution in [3.05, 3.63) is 53.3 Å². The van der Waals surface area contributed by atoms with E-state index in [4.69, 9.17) is 41.8 Å². The third-order valence-corrected chi connectivity index (χ3v) is 7.24. The molecular weight excluding hydrogens is 560 g/mol. The number of aromatic nitrogens is 5. The number of benzene rings is 1. The van der Waals surface area contributed by atoms with Crippen LogP contribution in [0.2, 0.25) is 5.02 Å². The van der Waals surface area contributed by atoms with E-state index in [1.54, 1.807) is 44.3 Å². The van der Waals surface area contributed by atoms with Crippen molar-refractivity contribution in [1.29, 1.82) is 5.26 Å². The van der Waals surface area contributed by atoms with Gasteiger partial charge in [-0.15, -0.1) is 0 Å². The van der Waals surface area contributed by atoms with E-state index in [9.17, 15) is 15.2 Å². The van der Waals surface area contributed by atoms with Gasteiger partial charge >= 0.3 is 6.01 Å². The topological polar surface area (TPSA) is 165 Å². The van der Waals surface area contributed by atoms with Crippen LogP contribution < -0.4 is 15.4 Å². The first kappa shape index (κ1) is 29.2. The second kappa shape index (κ2) is 11.5. The molecule has 1 saturated heterocycles. The molecule has 1 amide bonds. The van der Waals surface area contributed by atoms with Gasteiger partial charge in [0.25, 0.3) is 0 Å². The summed E-state index contributed by atoms with van der Waals surface area (Å²) >= 11 is 6.20. The normalized spacial score (nSPS) is 15.0. The lowest BCUT2D eigenvalue weighted by atomic mass is 9.90. The molecule has 3 N–H and O–H groups in total. The van der Waals surface area contributed by atoms with Crippen molar-refractivity contribution < 1.29 is 19.4 Å². The van der Waals surface area contributed by atoms with Gasteiger partial charge in [-0.05, 0) is 57.2 Å². The molecule has 1 aromatic carbocycles. The molecule has 4 aromatic rings. The highest BCUT2D eigenvalue weighted by atomic mass is 35.5. The monoisotopic (exact) mass is 590 g/mol. The second-order valence-corrected chi connectivity index (χ2v) is 11.1. The second-order valence-electron chi connectivity index (χ2n) is 10.7. The molecular formula is C29H31ClN8O4. The molecule has 0 spiro atoms. The molecule has 42 heavy (non-hydrogen) atoms. The average Bonchev–Trinajstić information content (AvgIpc) is 3.36. The summed E-state index contributed by atoms with van der Waals surface area (Å²) in [6.07, 6.45) is 2.31. The van der Waals surface area contributed by atoms with Gasteiger partial charge < -0.3 is 25.2 Å². The Bertz CT molecular complexity index is 1630. The Labute approximate surface area is 247 Å². The van der Waals surface area contributed by atoms with Crippen molar-refractivity contribution in [2.75, 3.05) is 31.2 Å². The number of pyridine rings is 1. The van der Waals surface area contributed by atoms with Crippen LogP contribution in [0.15, 0.2) is 42.6 Å². The van der Waals surface area contributed by atoms with Gasteiger partial charge in [0, 0.05) is 55.0 Å². The number of nitriles is 1. The number of anilines is 1. The highest BCUT2D eigenvalue weighted by Gasteiger charge is 2.41. The molecule has 3 aromatic heterocycles. The standard InChI is InChI=1S/C29H31ClN8O4/c1-4-42-29(26(32)39)11-13-37(14-12-29)24-22-25(36-27(35-24)41-17-28(2,3)40)38(21-9-6-19(30)7-10-21)23(34-22)18-5-8-20(15-31)33-16-18/h5-10,16,40H,4,11-14,17H2,1-3H3,(H2,32,39). The van der Waals surface area contributed by atoms with E-state index in [1.807, 2.05) is 34.6 Å². The zero-order valence-corrected chi connectivity index (χ0v) is 24.3. The highest BCUT2D eigenvalue weighted by Crippen LogP contribution is 2.36. The molecule has 1 aliphatic heterocycles. The maximum Gasteiger partial charge on any atom is 0.320 e. The molecule has 1 fully saturated rings. The van der Waals surface area contributed by atoms with Crippen molar-refractivity contribution in [3.8, 4) is 29.2 Å². The summed E-state index contributed by atoms with van der Waals surface area (Å²) in [6, 6.07) is 12.7. The van der Waals surface area contributed by atoms with Gasteiger partial charge in [0.15, 0.2) is 17.0 Å². The molecule has 218 valence electrons. The molecule has 4 heterocycles. The lowest BCUT2D eigenvalue weighted by Gasteiger charge is -2.39. The van der Waals surface area contributed by atoms with Crippen LogP contribution in [0, 0.1) is 11.3 Å². The number of primary amides is 1. The first-order valence-electron chi connectivity index (χ1n) is 13.5. The van der Waals surface area contributed by atoms with Crippen molar-refractivity contribution in [2.45, 2.75) is 44.8 Å². The van der Waals surface area contributed by atoms with Gasteiger partial charge in [-0.2, -0.15) is 15.2 Å². The van der Waals surface area contributed by atoms with E-state index >= 15 is 0 Å². The van der Waals surface area contributed by atoms with Crippen LogP contribution in [-0.2, 0) is 9.53 Å². The number of nitrogens with two attached hydrogens (primary N) is 1. The van der Waals surface area contributed by atoms with Gasteiger partial charge in [0.05, 0.1) is 5.60 Å². The maximum atomic E-state index is 12.3. The summed E-state index contributed by atoms with van der Waals surface area (Å²) in [5.74, 6) is 0.516. The van der Waals surface area contributed by atoms with Crippen LogP contribution in [-0.4, -0.2) is 73.0 Å². The number of piperidine rings is 1. The number of nitrogens with zero attached hydrogens (tertiary/aromatic N) is 7. The number of hydrogen-bond donors (Lipinski definition) is 2. The summed E-state index contributed by atoms with van der Waals surface area (Å²) in [5.41, 5.74) is 6.15. The number of fused-ring (bicyclic) bond motifs is 1. The molecule has 5 rings (SSSR count). The number of carbonyl (C=O) groups is 1. The predicted octanol–water partition coefficient (Wildman–Crippen LogP) is 3.41. The van der Waals surface area contributed by atoms with E-state index in [1.165, 1.54) is 0 Å². The van der Waals surface area contributed by atoms with Gasteiger partial charge in [0.1, 0.15) is 29.8 Å². The Morgan fingerprint density at radius 1 is 1.17 bits per heavy atom. The number of amides is 1. The number of halogens is 1. The van der Waals surface area contributed by atoms with E-state index < -0.39 is 17.1 Å². The zero-order valence-electron chi connectivity index (χ0n) is 23.5. The first-order valence-corrected chi connectivity index (χ1v) is 13.9. The lowest BCUT2D eigenvalue weighted by Crippen LogP contribution is -2.54. The lowest BCUT2D eigenvalue weighted by molar-refractivity contribution is -0.146. The number of ether oxygens (including phenoxy) is 2. The largest absolute Gasteiger partial charge is 0.460 e. The molecule has 0 radical (unpaired) electrons. The smallest absolute Gasteiger partial charge is 0.320 e. The van der Waals surface area contributed by atoms with Crippen molar-refractivity contribution >= 4 is 34.5 Å². The fraction of sp³-hybridized carbons (Fsp3) is 0.379. The first-order chi connectivity index (χ1) is 20.0. The molecule has 12 nitrogen and oxygen atoms in total. The zero-order chi connectivity index (χ0) is 30.1. The number of imidazole rings is 1. The Kier molecular flexibility index (Phi) is 8.01. The fourth-order valence-electron chi connectivity index (χ4n) is 4.89. The van der Waals surface area contributed by atoms with Gasteiger partial charge in [-0.1, -0.05) is 11.6 Å². The van der Waals surface area contributed by atoms with Crippen molar-refractivity contribution in [1.82, 2.24) is 24.5 Å². The summed E-state index contributed by atoms with van der Waals surface area (Å²) in [5, 5.41) is 20.1. The number of aliphatic hydroxyl groups is 1. The van der Waals surface area contributed by atoms with Crippen LogP contribution in [0.5, 0.6) is 6.01 Å². The Balaban J connectivity index is 1.70. The number of rotatable bonds is 9. The third kappa shape index (κ3) is 5.85. The van der Waals surface area contributed by atoms with E-state index in [0.717, 1.165) is 5.69 Å². The molecule has 0 aliphatic carbocycles. The number of carbonyl (C=O) groups excluding carboxylic acids is 1. The quantitative estimate of drug-likeness (QED) is 0.295. The summed E-state index contributed by atoms with van der Waals surface area (Å²) in [7, 11) is 0. The Hall–Kier alpha value is -4.31. The minimum absolute atomic E-state index is 0.0471. The molecule has 0 saturated carbocycles. The fourth-order valence-corrected chi connectivity index (χ4v) is 5.01. The molecule has 0 bridgehead atoms. The van der Waals surface area contributed by atoms with Gasteiger partial charge in [0.2, 0.25) is 5.91 Å². The summed E-state index contributed by atoms with van der Waals surface area (Å²) in [4.78, 5) is 33.0. The minimum Gasteiger partial charge on any atom is -0.460 e. The third-order valence-electron chi connectivity index (χ3n) is 6.98. The maximum absolute atomic E-state index is 12.3. The van der Waals surface area contributed by atoms with Crippen LogP contribution in [0.3, 0.4) is 0 Å². The molecule has 0 atom stereocenters. The average molecular weight is 591 g/mol. The summed E-state index contributed by atoms with van der Waals surface area (Å²) < 4.78 is 13.5. The Morgan fingerprint density at radius 3 is 2.45 bits per heavy atom. The molecule has 13 heteroatoms.